The van der Waals surface area contributed by atoms with Gasteiger partial charge in [0.05, 0.1) is 12.1 Å². The number of carboxylic acid groups (broad SMARTS) is 1. The lowest BCUT2D eigenvalue weighted by molar-refractivity contribution is -0.137. The van der Waals surface area contributed by atoms with Crippen molar-refractivity contribution in [3.05, 3.63) is 53.3 Å². The van der Waals surface area contributed by atoms with Gasteiger partial charge in [0.2, 0.25) is 5.91 Å². The van der Waals surface area contributed by atoms with Gasteiger partial charge in [0.25, 0.3) is 0 Å². The van der Waals surface area contributed by atoms with E-state index >= 15 is 0 Å². The molecule has 2 N–H and O–H groups in total. The Morgan fingerprint density at radius 3 is 2.79 bits per heavy atom. The Labute approximate surface area is 140 Å². The van der Waals surface area contributed by atoms with E-state index in [0.717, 1.165) is 5.39 Å². The number of halogens is 1. The van der Waals surface area contributed by atoms with Crippen LogP contribution in [0.3, 0.4) is 0 Å². The van der Waals surface area contributed by atoms with E-state index in [-0.39, 0.29) is 12.2 Å². The average molecular weight is 344 g/mol. The summed E-state index contributed by atoms with van der Waals surface area (Å²) in [6.45, 7) is -0.435. The molecule has 0 bridgehead atoms. The number of hydrogen-bond acceptors (Lipinski definition) is 4. The summed E-state index contributed by atoms with van der Waals surface area (Å²) in [5.74, 6) is -1.89. The second kappa shape index (κ2) is 6.76. The first-order valence-corrected chi connectivity index (χ1v) is 8.03. The fourth-order valence-electron chi connectivity index (χ4n) is 2.31. The molecule has 0 saturated carbocycles. The second-order valence-electron chi connectivity index (χ2n) is 5.14. The Kier molecular flexibility index (Phi) is 4.52. The maximum absolute atomic E-state index is 14.7. The van der Waals surface area contributed by atoms with E-state index in [1.165, 1.54) is 11.3 Å². The minimum atomic E-state index is -1.11. The molecule has 0 aliphatic carbocycles. The highest BCUT2D eigenvalue weighted by Crippen LogP contribution is 2.31. The number of carbonyl (C=O) groups is 2. The van der Waals surface area contributed by atoms with Crippen LogP contribution in [0.25, 0.3) is 21.3 Å². The number of fused-ring (bicyclic) bond motifs is 1. The summed E-state index contributed by atoms with van der Waals surface area (Å²) in [6, 6.07) is 10.7. The molecule has 5 nitrogen and oxygen atoms in total. The normalized spacial score (nSPS) is 10.7. The van der Waals surface area contributed by atoms with Crippen LogP contribution in [0.15, 0.2) is 41.8 Å². The maximum Gasteiger partial charge on any atom is 0.322 e. The van der Waals surface area contributed by atoms with Crippen molar-refractivity contribution in [2.24, 2.45) is 0 Å². The Bertz CT molecular complexity index is 923. The Balaban J connectivity index is 1.82. The highest BCUT2D eigenvalue weighted by molar-refractivity contribution is 7.13. The van der Waals surface area contributed by atoms with Gasteiger partial charge < -0.3 is 10.4 Å². The quantitative estimate of drug-likeness (QED) is 0.746. The van der Waals surface area contributed by atoms with E-state index in [2.05, 4.69) is 10.3 Å². The van der Waals surface area contributed by atoms with E-state index in [4.69, 9.17) is 5.11 Å². The van der Waals surface area contributed by atoms with E-state index in [9.17, 15) is 14.0 Å². The zero-order valence-corrected chi connectivity index (χ0v) is 13.3. The number of nitrogens with zero attached hydrogens (tertiary/aromatic N) is 1. The molecule has 7 heteroatoms. The summed E-state index contributed by atoms with van der Waals surface area (Å²) < 4.78 is 14.7. The zero-order chi connectivity index (χ0) is 17.1. The van der Waals surface area contributed by atoms with E-state index in [0.29, 0.717) is 21.7 Å². The van der Waals surface area contributed by atoms with Gasteiger partial charge in [-0.05, 0) is 11.5 Å². The maximum atomic E-state index is 14.7. The fraction of sp³-hybridized carbons (Fsp3) is 0.118. The minimum absolute atomic E-state index is 0.0427. The monoisotopic (exact) mass is 344 g/mol. The molecule has 3 aromatic rings. The number of aromatic nitrogens is 1. The Morgan fingerprint density at radius 1 is 1.21 bits per heavy atom. The third-order valence-electron chi connectivity index (χ3n) is 3.42. The van der Waals surface area contributed by atoms with Crippen molar-refractivity contribution in [1.82, 2.24) is 10.3 Å². The predicted octanol–water partition coefficient (Wildman–Crippen LogP) is 2.85. The second-order valence-corrected chi connectivity index (χ2v) is 6.00. The molecule has 0 spiro atoms. The van der Waals surface area contributed by atoms with Crippen LogP contribution >= 0.6 is 11.3 Å². The number of hydrogen-bond donors (Lipinski definition) is 2. The number of nitrogens with one attached hydrogen (secondary N) is 1. The standard InChI is InChI=1S/C17H13FN2O3S/c18-16-12-4-2-1-3-10(12)5-6-13(16)17-20-11(9-24-17)7-14(21)19-8-15(22)23/h1-6,9H,7-8H2,(H,19,21)(H,22,23). The van der Waals surface area contributed by atoms with Gasteiger partial charge in [-0.1, -0.05) is 30.3 Å². The minimum Gasteiger partial charge on any atom is -0.480 e. The summed E-state index contributed by atoms with van der Waals surface area (Å²) in [5, 5.41) is 14.3. The van der Waals surface area contributed by atoms with Gasteiger partial charge in [-0.3, -0.25) is 9.59 Å². The molecule has 24 heavy (non-hydrogen) atoms. The molecule has 0 radical (unpaired) electrons. The largest absolute Gasteiger partial charge is 0.480 e. The van der Waals surface area contributed by atoms with Crippen LogP contribution in [-0.2, 0) is 16.0 Å². The number of amides is 1. The Morgan fingerprint density at radius 2 is 2.00 bits per heavy atom. The SMILES string of the molecule is O=C(O)CNC(=O)Cc1csc(-c2ccc3ccccc3c2F)n1. The van der Waals surface area contributed by atoms with E-state index in [1.807, 2.05) is 18.2 Å². The van der Waals surface area contributed by atoms with Crippen molar-refractivity contribution in [3.63, 3.8) is 0 Å². The summed E-state index contributed by atoms with van der Waals surface area (Å²) in [5.41, 5.74) is 0.862. The van der Waals surface area contributed by atoms with Crippen LogP contribution in [0, 0.1) is 5.82 Å². The number of carbonyl (C=O) groups excluding carboxylic acids is 1. The fourth-order valence-corrected chi connectivity index (χ4v) is 3.15. The smallest absolute Gasteiger partial charge is 0.322 e. The van der Waals surface area contributed by atoms with Crippen molar-refractivity contribution >= 4 is 34.0 Å². The molecule has 0 aliphatic heterocycles. The highest BCUT2D eigenvalue weighted by atomic mass is 32.1. The number of benzene rings is 2. The Hall–Kier alpha value is -2.80. The van der Waals surface area contributed by atoms with Crippen molar-refractivity contribution < 1.29 is 19.1 Å². The first-order chi connectivity index (χ1) is 11.5. The summed E-state index contributed by atoms with van der Waals surface area (Å²) >= 11 is 1.24. The van der Waals surface area contributed by atoms with Gasteiger partial charge in [0, 0.05) is 16.3 Å². The molecule has 2 aromatic carbocycles. The lowest BCUT2D eigenvalue weighted by Gasteiger charge is -2.04. The van der Waals surface area contributed by atoms with Crippen molar-refractivity contribution in [2.45, 2.75) is 6.42 Å². The molecule has 1 aromatic heterocycles. The number of thiazole rings is 1. The molecular weight excluding hydrogens is 331 g/mol. The van der Waals surface area contributed by atoms with Crippen LogP contribution in [0.5, 0.6) is 0 Å². The lowest BCUT2D eigenvalue weighted by Crippen LogP contribution is -2.30. The molecule has 0 aliphatic rings. The first kappa shape index (κ1) is 16.1. The van der Waals surface area contributed by atoms with Gasteiger partial charge in [0.1, 0.15) is 17.4 Å². The number of carboxylic acids is 1. The number of rotatable bonds is 5. The van der Waals surface area contributed by atoms with E-state index < -0.39 is 18.4 Å². The van der Waals surface area contributed by atoms with Crippen LogP contribution in [0.1, 0.15) is 5.69 Å². The van der Waals surface area contributed by atoms with Crippen LogP contribution in [0.2, 0.25) is 0 Å². The molecule has 3 rings (SSSR count). The predicted molar refractivity (Wildman–Crippen MR) is 89.4 cm³/mol. The molecule has 0 atom stereocenters. The average Bonchev–Trinajstić information content (AvgIpc) is 3.01. The molecule has 1 amide bonds. The van der Waals surface area contributed by atoms with E-state index in [1.54, 1.807) is 23.6 Å². The first-order valence-electron chi connectivity index (χ1n) is 7.15. The summed E-state index contributed by atoms with van der Waals surface area (Å²) in [6.07, 6.45) is -0.0427. The molecule has 122 valence electrons. The molecule has 1 heterocycles. The van der Waals surface area contributed by atoms with Crippen molar-refractivity contribution in [2.75, 3.05) is 6.54 Å². The highest BCUT2D eigenvalue weighted by Gasteiger charge is 2.14. The molecular formula is C17H13FN2O3S. The van der Waals surface area contributed by atoms with Crippen molar-refractivity contribution in [1.29, 1.82) is 0 Å². The number of aliphatic carboxylic acids is 1. The van der Waals surface area contributed by atoms with Crippen LogP contribution in [0.4, 0.5) is 4.39 Å². The topological polar surface area (TPSA) is 79.3 Å². The van der Waals surface area contributed by atoms with Gasteiger partial charge in [-0.2, -0.15) is 0 Å². The molecule has 0 saturated heterocycles. The third-order valence-corrected chi connectivity index (χ3v) is 4.35. The summed E-state index contributed by atoms with van der Waals surface area (Å²) in [4.78, 5) is 26.3. The van der Waals surface area contributed by atoms with Crippen molar-refractivity contribution in [3.8, 4) is 10.6 Å². The zero-order valence-electron chi connectivity index (χ0n) is 12.5. The van der Waals surface area contributed by atoms with Gasteiger partial charge in [-0.25, -0.2) is 9.37 Å². The summed E-state index contributed by atoms with van der Waals surface area (Å²) in [7, 11) is 0. The molecule has 0 fully saturated rings. The lowest BCUT2D eigenvalue weighted by atomic mass is 10.1. The third kappa shape index (κ3) is 3.41. The van der Waals surface area contributed by atoms with Crippen LogP contribution in [-0.4, -0.2) is 28.5 Å². The van der Waals surface area contributed by atoms with Crippen LogP contribution < -0.4 is 5.32 Å². The van der Waals surface area contributed by atoms with Gasteiger partial charge in [-0.15, -0.1) is 11.3 Å². The van der Waals surface area contributed by atoms with Gasteiger partial charge >= 0.3 is 5.97 Å². The molecule has 0 unspecified atom stereocenters. The van der Waals surface area contributed by atoms with Gasteiger partial charge in [0.15, 0.2) is 0 Å².